The summed E-state index contributed by atoms with van der Waals surface area (Å²) in [5.41, 5.74) is 2.25. The first-order valence-electron chi connectivity index (χ1n) is 14.6. The van der Waals surface area contributed by atoms with Crippen LogP contribution in [0.25, 0.3) is 11.0 Å². The topological polar surface area (TPSA) is 117 Å². The molecule has 3 aliphatic rings. The second-order valence-corrected chi connectivity index (χ2v) is 11.3. The number of morpholine rings is 1. The first-order chi connectivity index (χ1) is 19.0. The number of ether oxygens (including phenoxy) is 2. The summed E-state index contributed by atoms with van der Waals surface area (Å²) in [6, 6.07) is 1.93. The standard InChI is InChI=1S/C28H43N7O4/c1-20(2)30-26(36)21-6-8-22(9-7-21)35-24-18-25(39-17-12-33-10-4-3-5-11-33)29-19-23(24)31-27(35)32-28(37)34-13-15-38-16-14-34/h18-22H,3-17H2,1-2H3,(H,30,36)(H,31,32,37). The van der Waals surface area contributed by atoms with E-state index in [0.29, 0.717) is 44.4 Å². The first-order valence-corrected chi connectivity index (χ1v) is 14.6. The molecule has 11 heteroatoms. The highest BCUT2D eigenvalue weighted by Crippen LogP contribution is 2.33. The molecule has 4 heterocycles. The lowest BCUT2D eigenvalue weighted by molar-refractivity contribution is -0.126. The van der Waals surface area contributed by atoms with E-state index in [9.17, 15) is 9.59 Å². The Bertz CT molecular complexity index is 1190. The van der Waals surface area contributed by atoms with E-state index in [0.717, 1.165) is 56.4 Å². The van der Waals surface area contributed by atoms with Gasteiger partial charge in [-0.15, -0.1) is 0 Å². The van der Waals surface area contributed by atoms with Crippen molar-refractivity contribution in [2.45, 2.75) is 70.9 Å². The fourth-order valence-corrected chi connectivity index (χ4v) is 5.92. The number of imidazole rings is 1. The summed E-state index contributed by atoms with van der Waals surface area (Å²) >= 11 is 0. The highest BCUT2D eigenvalue weighted by atomic mass is 16.5. The molecule has 0 radical (unpaired) electrons. The van der Waals surface area contributed by atoms with Gasteiger partial charge in [0, 0.05) is 43.7 Å². The summed E-state index contributed by atoms with van der Waals surface area (Å²) in [4.78, 5) is 42.2. The fourth-order valence-electron chi connectivity index (χ4n) is 5.92. The smallest absolute Gasteiger partial charge is 0.346 e. The molecule has 11 nitrogen and oxygen atoms in total. The van der Waals surface area contributed by atoms with Gasteiger partial charge in [-0.1, -0.05) is 6.42 Å². The zero-order chi connectivity index (χ0) is 27.2. The van der Waals surface area contributed by atoms with Crippen molar-refractivity contribution in [2.75, 3.05) is 52.5 Å². The molecule has 2 aromatic rings. The number of piperidine rings is 1. The van der Waals surface area contributed by atoms with Crippen LogP contribution in [-0.2, 0) is 9.53 Å². The molecule has 0 unspecified atom stereocenters. The summed E-state index contributed by atoms with van der Waals surface area (Å²) in [5.74, 6) is 0.719. The van der Waals surface area contributed by atoms with E-state index in [-0.39, 0.29) is 29.9 Å². The Morgan fingerprint density at radius 3 is 2.59 bits per heavy atom. The van der Waals surface area contributed by atoms with Gasteiger partial charge in [0.2, 0.25) is 17.4 Å². The van der Waals surface area contributed by atoms with Gasteiger partial charge in [0.1, 0.15) is 6.61 Å². The maximum absolute atomic E-state index is 13.1. The number of H-pyrrole nitrogens is 1. The number of hydrogen-bond donors (Lipinski definition) is 2. The fraction of sp³-hybridized carbons (Fsp3) is 0.714. The number of pyridine rings is 1. The third kappa shape index (κ3) is 7.00. The Kier molecular flexibility index (Phi) is 9.18. The highest BCUT2D eigenvalue weighted by molar-refractivity contribution is 5.79. The number of amides is 3. The Morgan fingerprint density at radius 1 is 1.13 bits per heavy atom. The number of carbonyl (C=O) groups is 2. The zero-order valence-electron chi connectivity index (χ0n) is 23.4. The number of aromatic nitrogens is 3. The van der Waals surface area contributed by atoms with E-state index in [1.807, 2.05) is 19.9 Å². The van der Waals surface area contributed by atoms with Crippen LogP contribution in [0.4, 0.5) is 4.79 Å². The number of rotatable bonds is 7. The van der Waals surface area contributed by atoms with Crippen molar-refractivity contribution < 1.29 is 19.1 Å². The van der Waals surface area contributed by atoms with Gasteiger partial charge in [0.05, 0.1) is 30.4 Å². The minimum Gasteiger partial charge on any atom is -0.476 e. The molecular formula is C28H43N7O4. The van der Waals surface area contributed by atoms with E-state index in [1.54, 1.807) is 11.1 Å². The van der Waals surface area contributed by atoms with Crippen LogP contribution in [0.1, 0.15) is 64.8 Å². The number of nitrogens with one attached hydrogen (secondary N) is 2. The predicted octanol–water partition coefficient (Wildman–Crippen LogP) is 2.84. The van der Waals surface area contributed by atoms with Crippen LogP contribution in [0.3, 0.4) is 0 Å². The molecule has 214 valence electrons. The van der Waals surface area contributed by atoms with Crippen LogP contribution in [-0.4, -0.2) is 94.9 Å². The molecule has 1 aliphatic carbocycles. The van der Waals surface area contributed by atoms with E-state index in [4.69, 9.17) is 9.47 Å². The molecule has 39 heavy (non-hydrogen) atoms. The number of hydrogen-bond acceptors (Lipinski definition) is 6. The van der Waals surface area contributed by atoms with Crippen molar-refractivity contribution in [2.24, 2.45) is 10.9 Å². The van der Waals surface area contributed by atoms with Gasteiger partial charge in [-0.05, 0) is 65.5 Å². The van der Waals surface area contributed by atoms with Gasteiger partial charge < -0.3 is 29.2 Å². The van der Waals surface area contributed by atoms with Crippen molar-refractivity contribution in [3.05, 3.63) is 17.9 Å². The van der Waals surface area contributed by atoms with Crippen molar-refractivity contribution in [1.29, 1.82) is 0 Å². The Balaban J connectivity index is 1.38. The molecule has 0 bridgehead atoms. The SMILES string of the molecule is CC(C)NC(=O)C1CCC(n2/c(=N/C(=O)N3CCOCC3)[nH]c3cnc(OCCN4CCCCC4)cc32)CC1. The van der Waals surface area contributed by atoms with Gasteiger partial charge in [-0.25, -0.2) is 9.78 Å². The van der Waals surface area contributed by atoms with Gasteiger partial charge in [0.25, 0.3) is 0 Å². The lowest BCUT2D eigenvalue weighted by Crippen LogP contribution is -2.41. The molecule has 5 rings (SSSR count). The van der Waals surface area contributed by atoms with Crippen LogP contribution >= 0.6 is 0 Å². The Labute approximate surface area is 229 Å². The van der Waals surface area contributed by atoms with E-state index in [2.05, 4.69) is 29.7 Å². The normalized spacial score (nSPS) is 23.4. The maximum Gasteiger partial charge on any atom is 0.346 e. The lowest BCUT2D eigenvalue weighted by atomic mass is 9.85. The summed E-state index contributed by atoms with van der Waals surface area (Å²) < 4.78 is 13.6. The number of nitrogens with zero attached hydrogens (tertiary/aromatic N) is 5. The molecule has 1 saturated carbocycles. The first kappa shape index (κ1) is 27.6. The molecule has 2 aliphatic heterocycles. The summed E-state index contributed by atoms with van der Waals surface area (Å²) in [7, 11) is 0. The average Bonchev–Trinajstić information content (AvgIpc) is 3.30. The van der Waals surface area contributed by atoms with Gasteiger partial charge in [-0.2, -0.15) is 4.99 Å². The van der Waals surface area contributed by atoms with Gasteiger partial charge >= 0.3 is 6.03 Å². The molecule has 2 aromatic heterocycles. The predicted molar refractivity (Wildman–Crippen MR) is 147 cm³/mol. The molecule has 0 atom stereocenters. The molecule has 3 fully saturated rings. The van der Waals surface area contributed by atoms with Gasteiger partial charge in [0.15, 0.2) is 0 Å². The van der Waals surface area contributed by atoms with Crippen LogP contribution in [0, 0.1) is 5.92 Å². The summed E-state index contributed by atoms with van der Waals surface area (Å²) in [6.07, 6.45) is 8.84. The monoisotopic (exact) mass is 541 g/mol. The molecule has 0 aromatic carbocycles. The van der Waals surface area contributed by atoms with E-state index in [1.165, 1.54) is 19.3 Å². The second-order valence-electron chi connectivity index (χ2n) is 11.3. The third-order valence-electron chi connectivity index (χ3n) is 8.04. The minimum absolute atomic E-state index is 0.0141. The largest absolute Gasteiger partial charge is 0.476 e. The van der Waals surface area contributed by atoms with Crippen LogP contribution in [0.2, 0.25) is 0 Å². The number of fused-ring (bicyclic) bond motifs is 1. The average molecular weight is 542 g/mol. The number of aromatic amines is 1. The van der Waals surface area contributed by atoms with Crippen LogP contribution in [0.5, 0.6) is 5.88 Å². The molecule has 2 saturated heterocycles. The Hall–Kier alpha value is -2.92. The summed E-state index contributed by atoms with van der Waals surface area (Å²) in [6.45, 7) is 9.85. The van der Waals surface area contributed by atoms with Crippen molar-refractivity contribution in [3.63, 3.8) is 0 Å². The van der Waals surface area contributed by atoms with Crippen molar-refractivity contribution >= 4 is 23.0 Å². The minimum atomic E-state index is -0.269. The second kappa shape index (κ2) is 13.0. The third-order valence-corrected chi connectivity index (χ3v) is 8.04. The van der Waals surface area contributed by atoms with E-state index < -0.39 is 0 Å². The quantitative estimate of drug-likeness (QED) is 0.557. The van der Waals surface area contributed by atoms with Gasteiger partial charge in [-0.3, -0.25) is 9.69 Å². The number of urea groups is 1. The molecular weight excluding hydrogens is 498 g/mol. The van der Waals surface area contributed by atoms with Crippen molar-refractivity contribution in [3.8, 4) is 5.88 Å². The maximum atomic E-state index is 13.1. The number of carbonyl (C=O) groups excluding carboxylic acids is 2. The lowest BCUT2D eigenvalue weighted by Gasteiger charge is -2.29. The zero-order valence-corrected chi connectivity index (χ0v) is 23.4. The van der Waals surface area contributed by atoms with E-state index >= 15 is 0 Å². The number of likely N-dealkylation sites (tertiary alicyclic amines) is 1. The molecule has 0 spiro atoms. The summed E-state index contributed by atoms with van der Waals surface area (Å²) in [5, 5.41) is 3.06. The van der Waals surface area contributed by atoms with Crippen molar-refractivity contribution in [1.82, 2.24) is 29.7 Å². The highest BCUT2D eigenvalue weighted by Gasteiger charge is 2.29. The Morgan fingerprint density at radius 2 is 1.87 bits per heavy atom. The molecule has 2 N–H and O–H groups in total. The van der Waals surface area contributed by atoms with Crippen LogP contribution in [0.15, 0.2) is 17.3 Å². The molecule has 3 amide bonds. The van der Waals surface area contributed by atoms with Crippen LogP contribution < -0.4 is 15.7 Å².